The van der Waals surface area contributed by atoms with Gasteiger partial charge in [0.25, 0.3) is 0 Å². The minimum absolute atomic E-state index is 0.569. The summed E-state index contributed by atoms with van der Waals surface area (Å²) in [4.78, 5) is 6.94. The summed E-state index contributed by atoms with van der Waals surface area (Å²) in [5.41, 5.74) is 6.59. The van der Waals surface area contributed by atoms with Crippen LogP contribution in [0, 0.1) is 0 Å². The molecule has 4 heteroatoms. The number of piperidine rings is 1. The Morgan fingerprint density at radius 1 is 1.71 bits per heavy atom. The summed E-state index contributed by atoms with van der Waals surface area (Å²) in [6.07, 6.45) is 2.57. The number of likely N-dealkylation sites (tertiary alicyclic amines) is 1. The van der Waals surface area contributed by atoms with Crippen LogP contribution in [-0.4, -0.2) is 30.0 Å². The average Bonchev–Trinajstić information content (AvgIpc) is 2.66. The van der Waals surface area contributed by atoms with Gasteiger partial charge < -0.3 is 10.6 Å². The zero-order valence-electron chi connectivity index (χ0n) is 8.57. The van der Waals surface area contributed by atoms with Crippen LogP contribution in [0.1, 0.15) is 29.5 Å². The summed E-state index contributed by atoms with van der Waals surface area (Å²) < 4.78 is 0. The highest BCUT2D eigenvalue weighted by Crippen LogP contribution is 2.28. The fraction of sp³-hybridized carbons (Fsp3) is 0.700. The number of hydrogen-bond donors (Lipinski definition) is 1. The molecule has 0 saturated carbocycles. The first-order valence-corrected chi connectivity index (χ1v) is 6.00. The highest BCUT2D eigenvalue weighted by molar-refractivity contribution is 7.09. The van der Waals surface area contributed by atoms with E-state index in [1.165, 1.54) is 24.4 Å². The maximum Gasteiger partial charge on any atom is 0.0972 e. The highest BCUT2D eigenvalue weighted by atomic mass is 32.1. The van der Waals surface area contributed by atoms with Crippen molar-refractivity contribution in [3.8, 4) is 0 Å². The molecular weight excluding hydrogens is 194 g/mol. The quantitative estimate of drug-likeness (QED) is 0.804. The standard InChI is InChI=1S/C10H17N3S/c1-13-4-2-3-8(6-13)10-12-9(5-11)7-14-10/h7-8H,2-6,11H2,1H3. The van der Waals surface area contributed by atoms with Crippen molar-refractivity contribution in [1.82, 2.24) is 9.88 Å². The lowest BCUT2D eigenvalue weighted by Crippen LogP contribution is -2.30. The number of aromatic nitrogens is 1. The zero-order valence-corrected chi connectivity index (χ0v) is 9.39. The molecule has 0 bridgehead atoms. The molecular formula is C10H17N3S. The van der Waals surface area contributed by atoms with Crippen LogP contribution >= 0.6 is 11.3 Å². The lowest BCUT2D eigenvalue weighted by molar-refractivity contribution is 0.250. The number of nitrogens with two attached hydrogens (primary N) is 1. The van der Waals surface area contributed by atoms with E-state index < -0.39 is 0 Å². The second-order valence-corrected chi connectivity index (χ2v) is 4.87. The molecule has 2 rings (SSSR count). The second-order valence-electron chi connectivity index (χ2n) is 3.98. The molecule has 2 heterocycles. The van der Waals surface area contributed by atoms with Crippen LogP contribution in [0.25, 0.3) is 0 Å². The Kier molecular flexibility index (Phi) is 3.15. The SMILES string of the molecule is CN1CCCC(c2nc(CN)cs2)C1. The summed E-state index contributed by atoms with van der Waals surface area (Å²) >= 11 is 1.76. The molecule has 1 fully saturated rings. The van der Waals surface area contributed by atoms with Crippen molar-refractivity contribution in [3.63, 3.8) is 0 Å². The minimum Gasteiger partial charge on any atom is -0.325 e. The average molecular weight is 211 g/mol. The molecule has 3 nitrogen and oxygen atoms in total. The monoisotopic (exact) mass is 211 g/mol. The summed E-state index contributed by atoms with van der Waals surface area (Å²) in [6.45, 7) is 2.95. The molecule has 14 heavy (non-hydrogen) atoms. The lowest BCUT2D eigenvalue weighted by Gasteiger charge is -2.28. The molecule has 0 aliphatic carbocycles. The van der Waals surface area contributed by atoms with E-state index in [-0.39, 0.29) is 0 Å². The number of nitrogens with zero attached hydrogens (tertiary/aromatic N) is 2. The molecule has 1 atom stereocenters. The van der Waals surface area contributed by atoms with Gasteiger partial charge in [-0.2, -0.15) is 0 Å². The summed E-state index contributed by atoms with van der Waals surface area (Å²) in [7, 11) is 2.18. The first-order valence-electron chi connectivity index (χ1n) is 5.12. The first-order chi connectivity index (χ1) is 6.79. The maximum absolute atomic E-state index is 5.55. The van der Waals surface area contributed by atoms with Crippen LogP contribution in [0.4, 0.5) is 0 Å². The number of likely N-dealkylation sites (N-methyl/N-ethyl adjacent to an activating group) is 1. The molecule has 1 saturated heterocycles. The molecule has 0 radical (unpaired) electrons. The predicted molar refractivity (Wildman–Crippen MR) is 59.5 cm³/mol. The van der Waals surface area contributed by atoms with Gasteiger partial charge in [-0.15, -0.1) is 11.3 Å². The molecule has 1 aromatic rings. The van der Waals surface area contributed by atoms with Crippen LogP contribution in [0.3, 0.4) is 0 Å². The van der Waals surface area contributed by atoms with Gasteiger partial charge in [0, 0.05) is 24.4 Å². The molecule has 78 valence electrons. The van der Waals surface area contributed by atoms with E-state index in [0.29, 0.717) is 12.5 Å². The summed E-state index contributed by atoms with van der Waals surface area (Å²) in [5, 5.41) is 3.36. The van der Waals surface area contributed by atoms with E-state index in [1.54, 1.807) is 11.3 Å². The predicted octanol–water partition coefficient (Wildman–Crippen LogP) is 1.41. The van der Waals surface area contributed by atoms with Crippen LogP contribution in [0.15, 0.2) is 5.38 Å². The van der Waals surface area contributed by atoms with Crippen molar-refractivity contribution in [2.24, 2.45) is 5.73 Å². The lowest BCUT2D eigenvalue weighted by atomic mass is 9.99. The van der Waals surface area contributed by atoms with Crippen molar-refractivity contribution < 1.29 is 0 Å². The third-order valence-corrected chi connectivity index (χ3v) is 3.81. The van der Waals surface area contributed by atoms with Gasteiger partial charge >= 0.3 is 0 Å². The Morgan fingerprint density at radius 3 is 3.21 bits per heavy atom. The fourth-order valence-electron chi connectivity index (χ4n) is 1.97. The van der Waals surface area contributed by atoms with E-state index in [2.05, 4.69) is 22.3 Å². The molecule has 1 aromatic heterocycles. The highest BCUT2D eigenvalue weighted by Gasteiger charge is 2.21. The third-order valence-electron chi connectivity index (χ3n) is 2.75. The van der Waals surface area contributed by atoms with Crippen LogP contribution in [0.2, 0.25) is 0 Å². The van der Waals surface area contributed by atoms with Gasteiger partial charge in [0.15, 0.2) is 0 Å². The van der Waals surface area contributed by atoms with Crippen LogP contribution in [-0.2, 0) is 6.54 Å². The van der Waals surface area contributed by atoms with E-state index in [9.17, 15) is 0 Å². The normalized spacial score (nSPS) is 24.0. The molecule has 2 N–H and O–H groups in total. The Bertz CT molecular complexity index is 297. The van der Waals surface area contributed by atoms with Crippen LogP contribution in [0.5, 0.6) is 0 Å². The van der Waals surface area contributed by atoms with Gasteiger partial charge in [-0.3, -0.25) is 0 Å². The summed E-state index contributed by atoms with van der Waals surface area (Å²) in [5.74, 6) is 0.638. The van der Waals surface area contributed by atoms with E-state index in [4.69, 9.17) is 5.73 Å². The summed E-state index contributed by atoms with van der Waals surface area (Å²) in [6, 6.07) is 0. The first kappa shape index (κ1) is 10.1. The van der Waals surface area contributed by atoms with Gasteiger partial charge in [-0.05, 0) is 26.4 Å². The third kappa shape index (κ3) is 2.13. The number of thiazole rings is 1. The van der Waals surface area contributed by atoms with Crippen molar-refractivity contribution >= 4 is 11.3 Å². The largest absolute Gasteiger partial charge is 0.325 e. The van der Waals surface area contributed by atoms with Gasteiger partial charge in [0.2, 0.25) is 0 Å². The van der Waals surface area contributed by atoms with Crippen LogP contribution < -0.4 is 5.73 Å². The van der Waals surface area contributed by atoms with Crippen molar-refractivity contribution in [2.75, 3.05) is 20.1 Å². The Morgan fingerprint density at radius 2 is 2.57 bits per heavy atom. The van der Waals surface area contributed by atoms with Gasteiger partial charge in [0.1, 0.15) is 0 Å². The van der Waals surface area contributed by atoms with Crippen molar-refractivity contribution in [1.29, 1.82) is 0 Å². The Labute approximate surface area is 88.9 Å². The number of rotatable bonds is 2. The molecule has 1 unspecified atom stereocenters. The maximum atomic E-state index is 5.55. The zero-order chi connectivity index (χ0) is 9.97. The molecule has 1 aliphatic heterocycles. The number of hydrogen-bond acceptors (Lipinski definition) is 4. The minimum atomic E-state index is 0.569. The molecule has 0 spiro atoms. The smallest absolute Gasteiger partial charge is 0.0972 e. The van der Waals surface area contributed by atoms with E-state index in [0.717, 1.165) is 12.2 Å². The van der Waals surface area contributed by atoms with E-state index in [1.807, 2.05) is 0 Å². The topological polar surface area (TPSA) is 42.2 Å². The fourth-order valence-corrected chi connectivity index (χ4v) is 2.93. The second kappa shape index (κ2) is 4.38. The van der Waals surface area contributed by atoms with Gasteiger partial charge in [-0.1, -0.05) is 0 Å². The van der Waals surface area contributed by atoms with Crippen molar-refractivity contribution in [3.05, 3.63) is 16.1 Å². The van der Waals surface area contributed by atoms with E-state index >= 15 is 0 Å². The molecule has 0 aromatic carbocycles. The Balaban J connectivity index is 2.06. The van der Waals surface area contributed by atoms with Crippen molar-refractivity contribution in [2.45, 2.75) is 25.3 Å². The van der Waals surface area contributed by atoms with Gasteiger partial charge in [-0.25, -0.2) is 4.98 Å². The Hall–Kier alpha value is -0.450. The molecule has 1 aliphatic rings. The van der Waals surface area contributed by atoms with Gasteiger partial charge in [0.05, 0.1) is 10.7 Å². The molecule has 0 amide bonds.